The van der Waals surface area contributed by atoms with Gasteiger partial charge in [0.05, 0.1) is 17.9 Å². The Morgan fingerprint density at radius 3 is 2.92 bits per heavy atom. The molecule has 7 nitrogen and oxygen atoms in total. The van der Waals surface area contributed by atoms with Crippen molar-refractivity contribution in [3.63, 3.8) is 0 Å². The second kappa shape index (κ2) is 8.82. The highest BCUT2D eigenvalue weighted by molar-refractivity contribution is 5.72. The van der Waals surface area contributed by atoms with Crippen LogP contribution in [-0.2, 0) is 22.6 Å². The number of nitrogens with zero attached hydrogens (tertiary/aromatic N) is 1. The Labute approximate surface area is 152 Å². The number of ether oxygens (including phenoxy) is 2. The summed E-state index contributed by atoms with van der Waals surface area (Å²) in [5.74, 6) is 1.29. The van der Waals surface area contributed by atoms with E-state index in [9.17, 15) is 9.90 Å². The van der Waals surface area contributed by atoms with Crippen LogP contribution in [0.5, 0.6) is 5.75 Å². The van der Waals surface area contributed by atoms with Gasteiger partial charge in [0.2, 0.25) is 5.91 Å². The van der Waals surface area contributed by atoms with E-state index in [-0.39, 0.29) is 12.0 Å². The van der Waals surface area contributed by atoms with E-state index in [0.29, 0.717) is 31.8 Å². The van der Waals surface area contributed by atoms with Gasteiger partial charge in [0.1, 0.15) is 18.5 Å². The fraction of sp³-hybridized carbons (Fsp3) is 0.474. The molecule has 1 amide bonds. The third-order valence-electron chi connectivity index (χ3n) is 4.30. The molecule has 1 aliphatic heterocycles. The number of amides is 1. The minimum atomic E-state index is -0.565. The lowest BCUT2D eigenvalue weighted by atomic mass is 9.98. The molecule has 0 saturated carbocycles. The normalized spacial score (nSPS) is 22.8. The maximum atomic E-state index is 11.0. The highest BCUT2D eigenvalue weighted by Gasteiger charge is 2.30. The molecule has 1 saturated heterocycles. The molecule has 1 aromatic heterocycles. The van der Waals surface area contributed by atoms with Crippen molar-refractivity contribution in [1.29, 1.82) is 0 Å². The Hall–Kier alpha value is -2.38. The lowest BCUT2D eigenvalue weighted by molar-refractivity contribution is -0.127. The smallest absolute Gasteiger partial charge is 0.216 e. The van der Waals surface area contributed by atoms with E-state index in [1.54, 1.807) is 0 Å². The summed E-state index contributed by atoms with van der Waals surface area (Å²) >= 11 is 0. The Morgan fingerprint density at radius 1 is 1.35 bits per heavy atom. The van der Waals surface area contributed by atoms with Gasteiger partial charge >= 0.3 is 0 Å². The van der Waals surface area contributed by atoms with E-state index < -0.39 is 12.2 Å². The van der Waals surface area contributed by atoms with Crippen LogP contribution in [-0.4, -0.2) is 41.0 Å². The summed E-state index contributed by atoms with van der Waals surface area (Å²) in [5.41, 5.74) is 0.788. The van der Waals surface area contributed by atoms with Crippen LogP contribution in [0.2, 0.25) is 0 Å². The number of hydrogen-bond acceptors (Lipinski definition) is 6. The van der Waals surface area contributed by atoms with Crippen molar-refractivity contribution in [3.8, 4) is 5.75 Å². The number of carbonyl (C=O) groups is 1. The van der Waals surface area contributed by atoms with Crippen molar-refractivity contribution in [2.75, 3.05) is 6.54 Å². The van der Waals surface area contributed by atoms with Crippen molar-refractivity contribution >= 4 is 5.91 Å². The second-order valence-corrected chi connectivity index (χ2v) is 6.47. The van der Waals surface area contributed by atoms with Crippen molar-refractivity contribution in [1.82, 2.24) is 10.5 Å². The molecule has 1 aliphatic rings. The molecule has 0 radical (unpaired) electrons. The van der Waals surface area contributed by atoms with Gasteiger partial charge in [-0.1, -0.05) is 23.4 Å². The topological polar surface area (TPSA) is 93.8 Å². The number of benzene rings is 1. The third kappa shape index (κ3) is 5.31. The van der Waals surface area contributed by atoms with E-state index in [1.165, 1.54) is 6.92 Å². The monoisotopic (exact) mass is 360 g/mol. The van der Waals surface area contributed by atoms with Crippen LogP contribution in [0.15, 0.2) is 40.9 Å². The maximum Gasteiger partial charge on any atom is 0.216 e. The third-order valence-corrected chi connectivity index (χ3v) is 4.30. The zero-order chi connectivity index (χ0) is 18.4. The number of aliphatic hydroxyl groups excluding tert-OH is 1. The van der Waals surface area contributed by atoms with Crippen molar-refractivity contribution in [3.05, 3.63) is 47.9 Å². The quantitative estimate of drug-likeness (QED) is 0.783. The van der Waals surface area contributed by atoms with E-state index in [1.807, 2.05) is 36.4 Å². The van der Waals surface area contributed by atoms with Crippen LogP contribution in [0.4, 0.5) is 0 Å². The minimum absolute atomic E-state index is 0.0647. The molecular weight excluding hydrogens is 336 g/mol. The minimum Gasteiger partial charge on any atom is -0.486 e. The first-order valence-electron chi connectivity index (χ1n) is 8.80. The molecule has 0 spiro atoms. The highest BCUT2D eigenvalue weighted by Crippen LogP contribution is 2.22. The van der Waals surface area contributed by atoms with Gasteiger partial charge in [-0.15, -0.1) is 0 Å². The molecular formula is C19H24N2O5. The van der Waals surface area contributed by atoms with Gasteiger partial charge in [-0.3, -0.25) is 4.79 Å². The first kappa shape index (κ1) is 18.4. The molecule has 7 heteroatoms. The van der Waals surface area contributed by atoms with Gasteiger partial charge in [0, 0.05) is 26.0 Å². The number of aromatic nitrogens is 1. The van der Waals surface area contributed by atoms with E-state index in [2.05, 4.69) is 10.5 Å². The molecule has 0 bridgehead atoms. The summed E-state index contributed by atoms with van der Waals surface area (Å²) in [6, 6.07) is 11.4. The Balaban J connectivity index is 1.49. The lowest BCUT2D eigenvalue weighted by Gasteiger charge is -2.33. The first-order chi connectivity index (χ1) is 12.6. The molecule has 26 heavy (non-hydrogen) atoms. The zero-order valence-electron chi connectivity index (χ0n) is 14.8. The van der Waals surface area contributed by atoms with Crippen LogP contribution >= 0.6 is 0 Å². The van der Waals surface area contributed by atoms with Gasteiger partial charge in [-0.05, 0) is 25.0 Å². The van der Waals surface area contributed by atoms with Crippen molar-refractivity contribution in [2.24, 2.45) is 0 Å². The van der Waals surface area contributed by atoms with Gasteiger partial charge in [-0.25, -0.2) is 0 Å². The molecule has 3 rings (SSSR count). The molecule has 1 aromatic carbocycles. The highest BCUT2D eigenvalue weighted by atomic mass is 16.5. The predicted octanol–water partition coefficient (Wildman–Crippen LogP) is 1.84. The van der Waals surface area contributed by atoms with E-state index >= 15 is 0 Å². The predicted molar refractivity (Wildman–Crippen MR) is 93.6 cm³/mol. The van der Waals surface area contributed by atoms with Crippen LogP contribution < -0.4 is 10.1 Å². The summed E-state index contributed by atoms with van der Waals surface area (Å²) in [4.78, 5) is 11.0. The number of aliphatic hydroxyl groups is 1. The Morgan fingerprint density at radius 2 is 2.15 bits per heavy atom. The molecule has 2 heterocycles. The SMILES string of the molecule is CC(=O)NC[C@H]1O[C@H](Cc2cc(COc3ccccc3)on2)CC[C@@H]1O. The molecule has 2 N–H and O–H groups in total. The maximum absolute atomic E-state index is 11.0. The lowest BCUT2D eigenvalue weighted by Crippen LogP contribution is -2.46. The molecule has 0 aliphatic carbocycles. The van der Waals surface area contributed by atoms with Gasteiger partial charge in [0.15, 0.2) is 5.76 Å². The fourth-order valence-corrected chi connectivity index (χ4v) is 2.95. The van der Waals surface area contributed by atoms with Crippen molar-refractivity contribution in [2.45, 2.75) is 51.1 Å². The largest absolute Gasteiger partial charge is 0.486 e. The molecule has 140 valence electrons. The molecule has 3 atom stereocenters. The van der Waals surface area contributed by atoms with Crippen LogP contribution in [0.3, 0.4) is 0 Å². The molecule has 1 fully saturated rings. The first-order valence-corrected chi connectivity index (χ1v) is 8.80. The summed E-state index contributed by atoms with van der Waals surface area (Å²) in [6.45, 7) is 2.06. The average molecular weight is 360 g/mol. The molecule has 2 aromatic rings. The Kier molecular flexibility index (Phi) is 6.25. The summed E-state index contributed by atoms with van der Waals surface area (Å²) in [5, 5.41) is 16.8. The van der Waals surface area contributed by atoms with E-state index in [0.717, 1.165) is 17.9 Å². The Bertz CT molecular complexity index is 703. The zero-order valence-corrected chi connectivity index (χ0v) is 14.8. The molecule has 0 unspecified atom stereocenters. The van der Waals surface area contributed by atoms with Crippen molar-refractivity contribution < 1.29 is 23.9 Å². The summed E-state index contributed by atoms with van der Waals surface area (Å²) in [7, 11) is 0. The number of rotatable bonds is 7. The van der Waals surface area contributed by atoms with Gasteiger partial charge < -0.3 is 24.4 Å². The van der Waals surface area contributed by atoms with Crippen LogP contribution in [0.1, 0.15) is 31.2 Å². The fourth-order valence-electron chi connectivity index (χ4n) is 2.95. The number of nitrogens with one attached hydrogen (secondary N) is 1. The van der Waals surface area contributed by atoms with Gasteiger partial charge in [0.25, 0.3) is 0 Å². The van der Waals surface area contributed by atoms with E-state index in [4.69, 9.17) is 14.0 Å². The number of hydrogen-bond donors (Lipinski definition) is 2. The average Bonchev–Trinajstić information content (AvgIpc) is 3.08. The second-order valence-electron chi connectivity index (χ2n) is 6.47. The number of para-hydroxylation sites is 1. The number of carbonyl (C=O) groups excluding carboxylic acids is 1. The van der Waals surface area contributed by atoms with Crippen LogP contribution in [0, 0.1) is 0 Å². The van der Waals surface area contributed by atoms with Gasteiger partial charge in [-0.2, -0.15) is 0 Å². The van der Waals surface area contributed by atoms with Crippen LogP contribution in [0.25, 0.3) is 0 Å². The standard InChI is InChI=1S/C19H24N2O5/c1-13(22)20-11-19-18(23)8-7-16(25-19)9-14-10-17(26-21-14)12-24-15-5-3-2-4-6-15/h2-6,10,16,18-19,23H,7-9,11-12H2,1H3,(H,20,22)/t16-,18-,19+/m0/s1. The summed E-state index contributed by atoms with van der Waals surface area (Å²) in [6.07, 6.45) is 0.941. The summed E-state index contributed by atoms with van der Waals surface area (Å²) < 4.78 is 16.9.